The molecule has 10 heteroatoms. The van der Waals surface area contributed by atoms with Crippen LogP contribution in [-0.2, 0) is 4.74 Å². The van der Waals surface area contributed by atoms with Gasteiger partial charge in [0.05, 0.1) is 25.0 Å². The van der Waals surface area contributed by atoms with Crippen molar-refractivity contribution in [2.24, 2.45) is 5.73 Å². The monoisotopic (exact) mass is 371 g/mol. The molecular weight excluding hydrogens is 338 g/mol. The smallest absolute Gasteiger partial charge is 0.142 e. The number of likely N-dealkylation sites (tertiary alicyclic amines) is 1. The summed E-state index contributed by atoms with van der Waals surface area (Å²) in [5.74, 6) is 0. The fourth-order valence-electron chi connectivity index (χ4n) is 4.71. The van der Waals surface area contributed by atoms with Gasteiger partial charge in [-0.25, -0.2) is 4.90 Å². The van der Waals surface area contributed by atoms with Gasteiger partial charge in [0.15, 0.2) is 0 Å². The highest BCUT2D eigenvalue weighted by Crippen LogP contribution is 2.29. The highest BCUT2D eigenvalue weighted by Gasteiger charge is 2.51. The fourth-order valence-corrected chi connectivity index (χ4v) is 4.71. The van der Waals surface area contributed by atoms with Crippen LogP contribution in [-0.4, -0.2) is 121 Å². The molecule has 4 saturated heterocycles. The first-order chi connectivity index (χ1) is 12.5. The molecule has 150 valence electrons. The van der Waals surface area contributed by atoms with Gasteiger partial charge in [-0.05, 0) is 27.1 Å². The number of hydrogen-bond acceptors (Lipinski definition) is 10. The summed E-state index contributed by atoms with van der Waals surface area (Å²) >= 11 is 0. The van der Waals surface area contributed by atoms with Gasteiger partial charge in [0.2, 0.25) is 0 Å². The first-order valence-corrected chi connectivity index (χ1v) is 9.57. The van der Waals surface area contributed by atoms with E-state index in [-0.39, 0.29) is 18.4 Å². The van der Waals surface area contributed by atoms with Crippen LogP contribution in [0.25, 0.3) is 0 Å². The van der Waals surface area contributed by atoms with E-state index in [1.54, 1.807) is 0 Å². The lowest BCUT2D eigenvalue weighted by molar-refractivity contribution is -0.107. The number of nitrogens with zero attached hydrogens (tertiary/aromatic N) is 3. The highest BCUT2D eigenvalue weighted by atomic mass is 16.6. The Balaban J connectivity index is 1.38. The Morgan fingerprint density at radius 3 is 2.77 bits per heavy atom. The number of nitrogens with two attached hydrogens (primary N) is 1. The SMILES string of the molecule is CN1CCC(N(C)C[C@H]2O[C@@H](N3CNC4C(N)NCNC43)[C@H](O)[C@@H]2O)C1. The Kier molecular flexibility index (Phi) is 5.50. The molecule has 4 fully saturated rings. The van der Waals surface area contributed by atoms with E-state index < -0.39 is 24.5 Å². The summed E-state index contributed by atoms with van der Waals surface area (Å²) in [4.78, 5) is 6.59. The average Bonchev–Trinajstić information content (AvgIpc) is 3.30. The maximum Gasteiger partial charge on any atom is 0.142 e. The molecule has 0 aromatic heterocycles. The summed E-state index contributed by atoms with van der Waals surface area (Å²) in [6.07, 6.45) is -1.84. The predicted octanol–water partition coefficient (Wildman–Crippen LogP) is -3.94. The zero-order valence-electron chi connectivity index (χ0n) is 15.6. The third kappa shape index (κ3) is 3.39. The van der Waals surface area contributed by atoms with E-state index in [0.717, 1.165) is 19.5 Å². The van der Waals surface area contributed by atoms with Gasteiger partial charge in [-0.3, -0.25) is 20.9 Å². The molecule has 7 N–H and O–H groups in total. The molecule has 4 unspecified atom stereocenters. The molecule has 8 atom stereocenters. The topological polar surface area (TPSA) is 122 Å². The number of ether oxygens (including phenoxy) is 1. The Morgan fingerprint density at radius 1 is 1.23 bits per heavy atom. The van der Waals surface area contributed by atoms with Crippen molar-refractivity contribution in [1.29, 1.82) is 0 Å². The molecular formula is C16H33N7O3. The average molecular weight is 371 g/mol. The lowest BCUT2D eigenvalue weighted by Gasteiger charge is -2.38. The summed E-state index contributed by atoms with van der Waals surface area (Å²) in [5, 5.41) is 31.1. The van der Waals surface area contributed by atoms with E-state index in [1.807, 2.05) is 4.90 Å². The Bertz CT molecular complexity index is 500. The third-order valence-corrected chi connectivity index (χ3v) is 6.36. The zero-order valence-corrected chi connectivity index (χ0v) is 15.6. The second-order valence-electron chi connectivity index (χ2n) is 8.15. The maximum atomic E-state index is 10.6. The number of fused-ring (bicyclic) bond motifs is 1. The molecule has 10 nitrogen and oxygen atoms in total. The van der Waals surface area contributed by atoms with Gasteiger partial charge < -0.3 is 25.6 Å². The lowest BCUT2D eigenvalue weighted by atomic mass is 10.1. The maximum absolute atomic E-state index is 10.6. The molecule has 0 aromatic rings. The quantitative estimate of drug-likeness (QED) is 0.292. The fraction of sp³-hybridized carbons (Fsp3) is 1.00. The van der Waals surface area contributed by atoms with Gasteiger partial charge in [-0.1, -0.05) is 0 Å². The van der Waals surface area contributed by atoms with Crippen LogP contribution in [0.1, 0.15) is 6.42 Å². The van der Waals surface area contributed by atoms with Crippen LogP contribution in [0, 0.1) is 0 Å². The van der Waals surface area contributed by atoms with Crippen molar-refractivity contribution in [1.82, 2.24) is 30.7 Å². The van der Waals surface area contributed by atoms with Crippen LogP contribution in [0.2, 0.25) is 0 Å². The van der Waals surface area contributed by atoms with Crippen LogP contribution in [0.4, 0.5) is 0 Å². The molecule has 0 amide bonds. The van der Waals surface area contributed by atoms with Crippen molar-refractivity contribution in [3.63, 3.8) is 0 Å². The normalized spacial score (nSPS) is 47.8. The Labute approximate surface area is 154 Å². The largest absolute Gasteiger partial charge is 0.387 e. The molecule has 26 heavy (non-hydrogen) atoms. The van der Waals surface area contributed by atoms with Crippen LogP contribution in [0.5, 0.6) is 0 Å². The van der Waals surface area contributed by atoms with Crippen molar-refractivity contribution in [2.75, 3.05) is 47.1 Å². The van der Waals surface area contributed by atoms with Crippen LogP contribution in [0.3, 0.4) is 0 Å². The van der Waals surface area contributed by atoms with E-state index in [1.165, 1.54) is 0 Å². The van der Waals surface area contributed by atoms with E-state index in [4.69, 9.17) is 10.5 Å². The van der Waals surface area contributed by atoms with Gasteiger partial charge in [-0.2, -0.15) is 0 Å². The van der Waals surface area contributed by atoms with Crippen LogP contribution >= 0.6 is 0 Å². The van der Waals surface area contributed by atoms with Gasteiger partial charge in [0.1, 0.15) is 24.5 Å². The summed E-state index contributed by atoms with van der Waals surface area (Å²) in [7, 11) is 4.20. The molecule has 0 aromatic carbocycles. The summed E-state index contributed by atoms with van der Waals surface area (Å²) in [5.41, 5.74) is 6.11. The number of nitrogens with one attached hydrogen (secondary N) is 3. The molecule has 4 aliphatic heterocycles. The van der Waals surface area contributed by atoms with Gasteiger partial charge in [0, 0.05) is 25.8 Å². The minimum absolute atomic E-state index is 0.0296. The van der Waals surface area contributed by atoms with Gasteiger partial charge >= 0.3 is 0 Å². The van der Waals surface area contributed by atoms with Crippen molar-refractivity contribution in [3.05, 3.63) is 0 Å². The van der Waals surface area contributed by atoms with Crippen molar-refractivity contribution in [2.45, 2.75) is 55.4 Å². The Hall–Kier alpha value is -0.400. The van der Waals surface area contributed by atoms with Crippen molar-refractivity contribution < 1.29 is 14.9 Å². The minimum atomic E-state index is -0.937. The summed E-state index contributed by atoms with van der Waals surface area (Å²) in [6, 6.07) is 0.501. The summed E-state index contributed by atoms with van der Waals surface area (Å²) in [6.45, 7) is 3.89. The number of hydrogen-bond donors (Lipinski definition) is 6. The minimum Gasteiger partial charge on any atom is -0.387 e. The van der Waals surface area contributed by atoms with Crippen molar-refractivity contribution in [3.8, 4) is 0 Å². The zero-order chi connectivity index (χ0) is 18.4. The molecule has 0 spiro atoms. The van der Waals surface area contributed by atoms with E-state index in [2.05, 4.69) is 39.8 Å². The molecule has 4 heterocycles. The van der Waals surface area contributed by atoms with E-state index in [0.29, 0.717) is 25.9 Å². The predicted molar refractivity (Wildman–Crippen MR) is 95.7 cm³/mol. The van der Waals surface area contributed by atoms with Gasteiger partial charge in [0.25, 0.3) is 0 Å². The van der Waals surface area contributed by atoms with E-state index in [9.17, 15) is 10.2 Å². The molecule has 4 rings (SSSR count). The second-order valence-corrected chi connectivity index (χ2v) is 8.15. The first-order valence-electron chi connectivity index (χ1n) is 9.57. The highest BCUT2D eigenvalue weighted by molar-refractivity contribution is 5.02. The Morgan fingerprint density at radius 2 is 2.04 bits per heavy atom. The number of aliphatic hydroxyl groups excluding tert-OH is 2. The molecule has 0 bridgehead atoms. The number of rotatable bonds is 4. The molecule has 0 radical (unpaired) electrons. The molecule has 4 aliphatic rings. The summed E-state index contributed by atoms with van der Waals surface area (Å²) < 4.78 is 6.14. The third-order valence-electron chi connectivity index (χ3n) is 6.36. The number of likely N-dealkylation sites (N-methyl/N-ethyl adjacent to an activating group) is 2. The second kappa shape index (κ2) is 7.55. The van der Waals surface area contributed by atoms with Crippen molar-refractivity contribution >= 4 is 0 Å². The van der Waals surface area contributed by atoms with Gasteiger partial charge in [-0.15, -0.1) is 0 Å². The molecule has 0 aliphatic carbocycles. The molecule has 0 saturated carbocycles. The first kappa shape index (κ1) is 18.9. The van der Waals surface area contributed by atoms with E-state index >= 15 is 0 Å². The van der Waals surface area contributed by atoms with Crippen LogP contribution in [0.15, 0.2) is 0 Å². The number of aliphatic hydroxyl groups is 2. The standard InChI is InChI=1S/C16H33N7O3/c1-21-4-3-9(5-21)22(2)6-10-12(24)13(25)16(26-10)23-8-20-11-14(17)18-7-19-15(11)23/h9-16,18-20,24-25H,3-8,17H2,1-2H3/t9?,10-,11?,12-,13-,14?,15?,16-/m1/s1. The lowest BCUT2D eigenvalue weighted by Crippen LogP contribution is -2.68. The van der Waals surface area contributed by atoms with Crippen LogP contribution < -0.4 is 21.7 Å².